The molecule has 1 unspecified atom stereocenters. The number of carbonyl (C=O) groups excluding carboxylic acids is 1. The molecule has 0 spiro atoms. The molecule has 1 fully saturated rings. The highest BCUT2D eigenvalue weighted by molar-refractivity contribution is 5.96. The van der Waals surface area contributed by atoms with Crippen LogP contribution in [0.3, 0.4) is 0 Å². The van der Waals surface area contributed by atoms with Crippen LogP contribution in [0, 0.1) is 5.41 Å². The maximum absolute atomic E-state index is 12.9. The van der Waals surface area contributed by atoms with E-state index in [0.29, 0.717) is 6.54 Å². The zero-order valence-electron chi connectivity index (χ0n) is 14.1. The number of hydrogen-bond donors (Lipinski definition) is 1. The van der Waals surface area contributed by atoms with Crippen LogP contribution in [0.5, 0.6) is 0 Å². The van der Waals surface area contributed by atoms with Crippen molar-refractivity contribution in [1.29, 1.82) is 0 Å². The van der Waals surface area contributed by atoms with Crippen molar-refractivity contribution < 1.29 is 4.79 Å². The normalized spacial score (nSPS) is 19.8. The lowest BCUT2D eigenvalue weighted by Gasteiger charge is -2.23. The first kappa shape index (κ1) is 18.5. The SMILES string of the molecule is CC1(CN)CCN(C(=O)c2ccccc2Cc2ccccc2)C1.Cl. The molecule has 3 rings (SSSR count). The van der Waals surface area contributed by atoms with Crippen LogP contribution >= 0.6 is 12.4 Å². The fraction of sp³-hybridized carbons (Fsp3) is 0.350. The second-order valence-corrected chi connectivity index (χ2v) is 6.81. The molecule has 128 valence electrons. The van der Waals surface area contributed by atoms with Crippen molar-refractivity contribution in [2.24, 2.45) is 11.1 Å². The monoisotopic (exact) mass is 344 g/mol. The molecule has 4 heteroatoms. The summed E-state index contributed by atoms with van der Waals surface area (Å²) < 4.78 is 0. The van der Waals surface area contributed by atoms with E-state index in [-0.39, 0.29) is 23.7 Å². The topological polar surface area (TPSA) is 46.3 Å². The average Bonchev–Trinajstić information content (AvgIpc) is 2.99. The molecule has 1 heterocycles. The Morgan fingerprint density at radius 2 is 1.79 bits per heavy atom. The maximum atomic E-state index is 12.9. The van der Waals surface area contributed by atoms with Crippen molar-refractivity contribution in [3.63, 3.8) is 0 Å². The maximum Gasteiger partial charge on any atom is 0.254 e. The minimum atomic E-state index is 0. The Bertz CT molecular complexity index is 689. The van der Waals surface area contributed by atoms with Crippen molar-refractivity contribution in [3.8, 4) is 0 Å². The molecule has 3 nitrogen and oxygen atoms in total. The van der Waals surface area contributed by atoms with E-state index in [1.807, 2.05) is 41.3 Å². The highest BCUT2D eigenvalue weighted by Gasteiger charge is 2.35. The van der Waals surface area contributed by atoms with Gasteiger partial charge in [0.15, 0.2) is 0 Å². The van der Waals surface area contributed by atoms with Crippen LogP contribution in [0.25, 0.3) is 0 Å². The zero-order chi connectivity index (χ0) is 16.3. The van der Waals surface area contributed by atoms with Crippen LogP contribution in [0.1, 0.15) is 34.8 Å². The molecular weight excluding hydrogens is 320 g/mol. The first-order valence-corrected chi connectivity index (χ1v) is 8.22. The lowest BCUT2D eigenvalue weighted by atomic mass is 9.90. The number of rotatable bonds is 4. The molecule has 2 N–H and O–H groups in total. The standard InChI is InChI=1S/C20H24N2O.ClH/c1-20(14-21)11-12-22(15-20)19(23)18-10-6-5-9-17(18)13-16-7-3-2-4-8-16;/h2-10H,11-15,21H2,1H3;1H. The van der Waals surface area contributed by atoms with Gasteiger partial charge < -0.3 is 10.6 Å². The smallest absolute Gasteiger partial charge is 0.254 e. The van der Waals surface area contributed by atoms with E-state index in [0.717, 1.165) is 37.1 Å². The minimum Gasteiger partial charge on any atom is -0.338 e. The molecule has 0 bridgehead atoms. The van der Waals surface area contributed by atoms with Gasteiger partial charge in [0, 0.05) is 18.7 Å². The summed E-state index contributed by atoms with van der Waals surface area (Å²) in [4.78, 5) is 14.9. The molecule has 0 saturated carbocycles. The first-order chi connectivity index (χ1) is 11.1. The molecular formula is C20H25ClN2O. The first-order valence-electron chi connectivity index (χ1n) is 8.22. The molecule has 0 aromatic heterocycles. The number of nitrogens with two attached hydrogens (primary N) is 1. The zero-order valence-corrected chi connectivity index (χ0v) is 14.9. The largest absolute Gasteiger partial charge is 0.338 e. The summed E-state index contributed by atoms with van der Waals surface area (Å²) in [5.41, 5.74) is 9.05. The van der Waals surface area contributed by atoms with E-state index < -0.39 is 0 Å². The highest BCUT2D eigenvalue weighted by atomic mass is 35.5. The number of amides is 1. The molecule has 1 aliphatic rings. The van der Waals surface area contributed by atoms with Crippen LogP contribution in [0.2, 0.25) is 0 Å². The third-order valence-corrected chi connectivity index (χ3v) is 4.82. The van der Waals surface area contributed by atoms with Gasteiger partial charge in [-0.05, 0) is 42.0 Å². The summed E-state index contributed by atoms with van der Waals surface area (Å²) in [5, 5.41) is 0. The lowest BCUT2D eigenvalue weighted by Crippen LogP contribution is -2.34. The molecule has 2 aromatic carbocycles. The predicted octanol–water partition coefficient (Wildman–Crippen LogP) is 3.51. The van der Waals surface area contributed by atoms with Gasteiger partial charge in [0.2, 0.25) is 0 Å². The molecule has 0 aliphatic carbocycles. The molecule has 1 atom stereocenters. The summed E-state index contributed by atoms with van der Waals surface area (Å²) in [6.07, 6.45) is 1.76. The summed E-state index contributed by atoms with van der Waals surface area (Å²) >= 11 is 0. The summed E-state index contributed by atoms with van der Waals surface area (Å²) in [5.74, 6) is 0.133. The quantitative estimate of drug-likeness (QED) is 0.922. The third-order valence-electron chi connectivity index (χ3n) is 4.82. The summed E-state index contributed by atoms with van der Waals surface area (Å²) in [7, 11) is 0. The molecule has 0 radical (unpaired) electrons. The number of carbonyl (C=O) groups is 1. The Morgan fingerprint density at radius 3 is 2.46 bits per heavy atom. The van der Waals surface area contributed by atoms with Gasteiger partial charge in [-0.1, -0.05) is 55.5 Å². The van der Waals surface area contributed by atoms with Crippen LogP contribution < -0.4 is 5.73 Å². The van der Waals surface area contributed by atoms with Crippen molar-refractivity contribution in [2.75, 3.05) is 19.6 Å². The molecule has 1 saturated heterocycles. The third kappa shape index (κ3) is 3.97. The highest BCUT2D eigenvalue weighted by Crippen LogP contribution is 2.30. The Kier molecular flexibility index (Phi) is 6.03. The lowest BCUT2D eigenvalue weighted by molar-refractivity contribution is 0.0776. The number of halogens is 1. The Hall–Kier alpha value is -1.84. The Labute approximate surface area is 150 Å². The van der Waals surface area contributed by atoms with E-state index >= 15 is 0 Å². The molecule has 1 aliphatic heterocycles. The number of benzene rings is 2. The summed E-state index contributed by atoms with van der Waals surface area (Å²) in [6, 6.07) is 18.2. The fourth-order valence-corrected chi connectivity index (χ4v) is 3.23. The number of hydrogen-bond acceptors (Lipinski definition) is 2. The van der Waals surface area contributed by atoms with Gasteiger partial charge in [0.25, 0.3) is 5.91 Å². The van der Waals surface area contributed by atoms with Crippen molar-refractivity contribution in [2.45, 2.75) is 19.8 Å². The van der Waals surface area contributed by atoms with Gasteiger partial charge in [-0.15, -0.1) is 12.4 Å². The van der Waals surface area contributed by atoms with Crippen LogP contribution in [0.4, 0.5) is 0 Å². The predicted molar refractivity (Wildman–Crippen MR) is 101 cm³/mol. The Balaban J connectivity index is 0.00000208. The van der Waals surface area contributed by atoms with Gasteiger partial charge in [-0.2, -0.15) is 0 Å². The van der Waals surface area contributed by atoms with Crippen LogP contribution in [-0.2, 0) is 6.42 Å². The van der Waals surface area contributed by atoms with Gasteiger partial charge in [-0.3, -0.25) is 4.79 Å². The second kappa shape index (κ2) is 7.82. The van der Waals surface area contributed by atoms with Gasteiger partial charge in [-0.25, -0.2) is 0 Å². The number of nitrogens with zero attached hydrogens (tertiary/aromatic N) is 1. The van der Waals surface area contributed by atoms with Gasteiger partial charge in [0.05, 0.1) is 0 Å². The number of likely N-dealkylation sites (tertiary alicyclic amines) is 1. The van der Waals surface area contributed by atoms with Crippen LogP contribution in [0.15, 0.2) is 54.6 Å². The van der Waals surface area contributed by atoms with E-state index in [1.165, 1.54) is 5.56 Å². The van der Waals surface area contributed by atoms with Crippen molar-refractivity contribution in [3.05, 3.63) is 71.3 Å². The second-order valence-electron chi connectivity index (χ2n) is 6.81. The summed E-state index contributed by atoms with van der Waals surface area (Å²) in [6.45, 7) is 4.34. The molecule has 24 heavy (non-hydrogen) atoms. The Morgan fingerprint density at radius 1 is 1.12 bits per heavy atom. The fourth-order valence-electron chi connectivity index (χ4n) is 3.23. The van der Waals surface area contributed by atoms with Crippen molar-refractivity contribution in [1.82, 2.24) is 4.90 Å². The van der Waals surface area contributed by atoms with Gasteiger partial charge >= 0.3 is 0 Å². The van der Waals surface area contributed by atoms with E-state index in [2.05, 4.69) is 25.1 Å². The van der Waals surface area contributed by atoms with Crippen molar-refractivity contribution >= 4 is 18.3 Å². The average molecular weight is 345 g/mol. The van der Waals surface area contributed by atoms with E-state index in [4.69, 9.17) is 5.73 Å². The molecule has 2 aromatic rings. The molecule has 1 amide bonds. The van der Waals surface area contributed by atoms with E-state index in [1.54, 1.807) is 0 Å². The minimum absolute atomic E-state index is 0. The van der Waals surface area contributed by atoms with Crippen LogP contribution in [-0.4, -0.2) is 30.4 Å². The van der Waals surface area contributed by atoms with E-state index in [9.17, 15) is 4.79 Å². The van der Waals surface area contributed by atoms with Gasteiger partial charge in [0.1, 0.15) is 0 Å².